The second-order valence-corrected chi connectivity index (χ2v) is 7.12. The first kappa shape index (κ1) is 15.2. The third kappa shape index (κ3) is 3.11. The molecule has 1 aromatic carbocycles. The molecule has 0 spiro atoms. The van der Waals surface area contributed by atoms with E-state index in [1.807, 2.05) is 0 Å². The number of benzene rings is 1. The molecule has 10 heteroatoms. The van der Waals surface area contributed by atoms with Crippen LogP contribution in [0.5, 0.6) is 0 Å². The van der Waals surface area contributed by atoms with Crippen LogP contribution in [-0.4, -0.2) is 23.6 Å². The second kappa shape index (κ2) is 5.68. The van der Waals surface area contributed by atoms with E-state index in [4.69, 9.17) is 29.6 Å². The molecule has 2 aromatic rings. The number of halogens is 2. The van der Waals surface area contributed by atoms with Gasteiger partial charge in [0, 0.05) is 4.47 Å². The maximum atomic E-state index is 12.3. The Labute approximate surface area is 133 Å². The predicted octanol–water partition coefficient (Wildman–Crippen LogP) is 2.26. The Balaban J connectivity index is 2.41. The standard InChI is InChI=1S/C10H8BrClN4O2S2/c11-5-1-2-8(7(12)3-5)20(17,18)16-10-6(9(13)19)4-14-15-10/h1-4H,(H2,13,19)(H2,14,15,16). The van der Waals surface area contributed by atoms with Gasteiger partial charge in [0.1, 0.15) is 15.7 Å². The lowest BCUT2D eigenvalue weighted by molar-refractivity contribution is 0.601. The number of hydrogen-bond donors (Lipinski definition) is 3. The summed E-state index contributed by atoms with van der Waals surface area (Å²) < 4.78 is 27.5. The highest BCUT2D eigenvalue weighted by atomic mass is 79.9. The molecule has 0 saturated heterocycles. The normalized spacial score (nSPS) is 11.3. The SMILES string of the molecule is NC(=S)c1cn[nH]c1NS(=O)(=O)c1ccc(Br)cc1Cl. The van der Waals surface area contributed by atoms with Gasteiger partial charge in [-0.25, -0.2) is 8.42 Å². The van der Waals surface area contributed by atoms with Crippen LogP contribution in [0.3, 0.4) is 0 Å². The van der Waals surface area contributed by atoms with Gasteiger partial charge in [-0.2, -0.15) is 5.10 Å². The second-order valence-electron chi connectivity index (χ2n) is 3.70. The summed E-state index contributed by atoms with van der Waals surface area (Å²) >= 11 is 13.9. The van der Waals surface area contributed by atoms with Gasteiger partial charge < -0.3 is 5.73 Å². The van der Waals surface area contributed by atoms with Crippen molar-refractivity contribution < 1.29 is 8.42 Å². The van der Waals surface area contributed by atoms with Crippen molar-refractivity contribution in [2.45, 2.75) is 4.90 Å². The molecule has 6 nitrogen and oxygen atoms in total. The van der Waals surface area contributed by atoms with Crippen molar-refractivity contribution in [3.05, 3.63) is 39.5 Å². The number of aromatic amines is 1. The molecule has 106 valence electrons. The number of thiocarbonyl (C=S) groups is 1. The fourth-order valence-corrected chi connectivity index (χ4v) is 3.66. The zero-order valence-electron chi connectivity index (χ0n) is 9.72. The van der Waals surface area contributed by atoms with Gasteiger partial charge in [0.15, 0.2) is 0 Å². The third-order valence-corrected chi connectivity index (χ3v) is 4.87. The van der Waals surface area contributed by atoms with Crippen molar-refractivity contribution in [3.63, 3.8) is 0 Å². The van der Waals surface area contributed by atoms with Gasteiger partial charge in [0.05, 0.1) is 16.8 Å². The lowest BCUT2D eigenvalue weighted by Gasteiger charge is -2.09. The number of nitrogens with zero attached hydrogens (tertiary/aromatic N) is 1. The molecule has 4 N–H and O–H groups in total. The van der Waals surface area contributed by atoms with Gasteiger partial charge in [0.2, 0.25) is 0 Å². The van der Waals surface area contributed by atoms with E-state index in [-0.39, 0.29) is 20.7 Å². The first-order valence-corrected chi connectivity index (χ1v) is 8.18. The molecule has 0 bridgehead atoms. The maximum Gasteiger partial charge on any atom is 0.264 e. The summed E-state index contributed by atoms with van der Waals surface area (Å²) in [6.07, 6.45) is 1.34. The van der Waals surface area contributed by atoms with Gasteiger partial charge in [-0.05, 0) is 18.2 Å². The van der Waals surface area contributed by atoms with Crippen LogP contribution >= 0.6 is 39.7 Å². The number of aromatic nitrogens is 2. The lowest BCUT2D eigenvalue weighted by Crippen LogP contribution is -2.17. The molecule has 0 aliphatic heterocycles. The molecule has 20 heavy (non-hydrogen) atoms. The number of nitrogens with two attached hydrogens (primary N) is 1. The predicted molar refractivity (Wildman–Crippen MR) is 84.4 cm³/mol. The van der Waals surface area contributed by atoms with Gasteiger partial charge in [0.25, 0.3) is 10.0 Å². The Bertz CT molecular complexity index is 775. The quantitative estimate of drug-likeness (QED) is 0.689. The Morgan fingerprint density at radius 1 is 1.50 bits per heavy atom. The van der Waals surface area contributed by atoms with Crippen molar-refractivity contribution in [2.75, 3.05) is 4.72 Å². The van der Waals surface area contributed by atoms with E-state index >= 15 is 0 Å². The smallest absolute Gasteiger partial charge is 0.264 e. The number of rotatable bonds is 4. The van der Waals surface area contributed by atoms with E-state index in [9.17, 15) is 8.42 Å². The zero-order chi connectivity index (χ0) is 14.9. The highest BCUT2D eigenvalue weighted by molar-refractivity contribution is 9.10. The summed E-state index contributed by atoms with van der Waals surface area (Å²) in [5, 5.41) is 6.27. The van der Waals surface area contributed by atoms with E-state index in [1.54, 1.807) is 6.07 Å². The van der Waals surface area contributed by atoms with E-state index < -0.39 is 10.0 Å². The monoisotopic (exact) mass is 394 g/mol. The van der Waals surface area contributed by atoms with Gasteiger partial charge >= 0.3 is 0 Å². The topological polar surface area (TPSA) is 101 Å². The Morgan fingerprint density at radius 2 is 2.20 bits per heavy atom. The van der Waals surface area contributed by atoms with Gasteiger partial charge in [-0.3, -0.25) is 9.82 Å². The van der Waals surface area contributed by atoms with Crippen LogP contribution < -0.4 is 10.5 Å². The number of H-pyrrole nitrogens is 1. The van der Waals surface area contributed by atoms with Crippen LogP contribution in [0.25, 0.3) is 0 Å². The molecule has 1 aromatic heterocycles. The average molecular weight is 396 g/mol. The third-order valence-electron chi connectivity index (χ3n) is 2.32. The largest absolute Gasteiger partial charge is 0.389 e. The minimum atomic E-state index is -3.88. The average Bonchev–Trinajstić information content (AvgIpc) is 2.75. The van der Waals surface area contributed by atoms with E-state index in [1.165, 1.54) is 18.3 Å². The molecule has 0 amide bonds. The first-order valence-electron chi connectivity index (χ1n) is 5.12. The molecule has 0 aliphatic carbocycles. The molecule has 1 heterocycles. The highest BCUT2D eigenvalue weighted by Gasteiger charge is 2.21. The van der Waals surface area contributed by atoms with E-state index in [0.29, 0.717) is 10.0 Å². The van der Waals surface area contributed by atoms with Crippen molar-refractivity contribution in [3.8, 4) is 0 Å². The van der Waals surface area contributed by atoms with E-state index in [2.05, 4.69) is 30.8 Å². The van der Waals surface area contributed by atoms with Crippen molar-refractivity contribution >= 4 is 60.6 Å². The summed E-state index contributed by atoms with van der Waals surface area (Å²) in [5.41, 5.74) is 5.77. The highest BCUT2D eigenvalue weighted by Crippen LogP contribution is 2.27. The minimum Gasteiger partial charge on any atom is -0.389 e. The Kier molecular flexibility index (Phi) is 4.33. The summed E-state index contributed by atoms with van der Waals surface area (Å²) in [6.45, 7) is 0. The number of anilines is 1. The van der Waals surface area contributed by atoms with Crippen LogP contribution in [0.2, 0.25) is 5.02 Å². The lowest BCUT2D eigenvalue weighted by atomic mass is 10.3. The van der Waals surface area contributed by atoms with Crippen LogP contribution in [-0.2, 0) is 10.0 Å². The summed E-state index contributed by atoms with van der Waals surface area (Å²) in [4.78, 5) is -0.0378. The minimum absolute atomic E-state index is 0.0263. The molecule has 0 saturated carbocycles. The molecule has 0 unspecified atom stereocenters. The molecule has 0 fully saturated rings. The molecule has 0 radical (unpaired) electrons. The van der Waals surface area contributed by atoms with Gasteiger partial charge in [-0.15, -0.1) is 0 Å². The molecular weight excluding hydrogens is 388 g/mol. The van der Waals surface area contributed by atoms with Crippen LogP contribution in [0.1, 0.15) is 5.56 Å². The first-order chi connectivity index (χ1) is 9.31. The van der Waals surface area contributed by atoms with Crippen molar-refractivity contribution in [1.29, 1.82) is 0 Å². The van der Waals surface area contributed by atoms with Crippen LogP contribution in [0.4, 0.5) is 5.82 Å². The number of sulfonamides is 1. The van der Waals surface area contributed by atoms with E-state index in [0.717, 1.165) is 0 Å². The summed E-state index contributed by atoms with van der Waals surface area (Å²) in [6, 6.07) is 4.44. The maximum absolute atomic E-state index is 12.3. The van der Waals surface area contributed by atoms with Crippen LogP contribution in [0.15, 0.2) is 33.8 Å². The molecule has 2 rings (SSSR count). The zero-order valence-corrected chi connectivity index (χ0v) is 13.7. The molecule has 0 atom stereocenters. The summed E-state index contributed by atoms with van der Waals surface area (Å²) in [5.74, 6) is 0.0940. The van der Waals surface area contributed by atoms with Crippen molar-refractivity contribution in [1.82, 2.24) is 10.2 Å². The van der Waals surface area contributed by atoms with Crippen molar-refractivity contribution in [2.24, 2.45) is 5.73 Å². The number of nitrogens with one attached hydrogen (secondary N) is 2. The van der Waals surface area contributed by atoms with Crippen LogP contribution in [0, 0.1) is 0 Å². The molecule has 0 aliphatic rings. The van der Waals surface area contributed by atoms with Gasteiger partial charge in [-0.1, -0.05) is 39.7 Å². The number of hydrogen-bond acceptors (Lipinski definition) is 4. The fourth-order valence-electron chi connectivity index (χ4n) is 1.43. The fraction of sp³-hybridized carbons (Fsp3) is 0. The summed E-state index contributed by atoms with van der Waals surface area (Å²) in [7, 11) is -3.88. The Morgan fingerprint density at radius 3 is 2.80 bits per heavy atom. The molecular formula is C10H8BrClN4O2S2. The Hall–Kier alpha value is -1.16.